The van der Waals surface area contributed by atoms with Crippen LogP contribution in [-0.2, 0) is 12.8 Å². The molecule has 1 amide bonds. The Labute approximate surface area is 169 Å². The van der Waals surface area contributed by atoms with Crippen LogP contribution >= 0.6 is 0 Å². The second-order valence-corrected chi connectivity index (χ2v) is 8.32. The Morgan fingerprint density at radius 3 is 2.55 bits per heavy atom. The molecular formula is C25H23N3O. The zero-order valence-electron chi connectivity index (χ0n) is 16.3. The van der Waals surface area contributed by atoms with E-state index in [1.54, 1.807) is 0 Å². The second-order valence-electron chi connectivity index (χ2n) is 8.32. The third-order valence-corrected chi connectivity index (χ3v) is 6.68. The molecule has 1 saturated heterocycles. The highest BCUT2D eigenvalue weighted by Crippen LogP contribution is 2.34. The molecule has 1 fully saturated rings. The number of fused-ring (bicyclic) bond motifs is 1. The first-order valence-electron chi connectivity index (χ1n) is 10.6. The number of H-pyrrole nitrogens is 1. The molecule has 0 atom stereocenters. The summed E-state index contributed by atoms with van der Waals surface area (Å²) in [6, 6.07) is 18.8. The molecular weight excluding hydrogens is 358 g/mol. The van der Waals surface area contributed by atoms with Gasteiger partial charge in [-0.15, -0.1) is 0 Å². The molecule has 2 aliphatic rings. The second kappa shape index (κ2) is 6.45. The van der Waals surface area contributed by atoms with Crippen molar-refractivity contribution >= 4 is 27.7 Å². The van der Waals surface area contributed by atoms with Crippen LogP contribution in [0.15, 0.2) is 54.6 Å². The Bertz CT molecular complexity index is 1200. The number of amides is 1. The molecule has 0 bridgehead atoms. The van der Waals surface area contributed by atoms with Gasteiger partial charge in [-0.1, -0.05) is 36.4 Å². The minimum atomic E-state index is 0.170. The summed E-state index contributed by atoms with van der Waals surface area (Å²) in [7, 11) is 0. The van der Waals surface area contributed by atoms with E-state index in [2.05, 4.69) is 35.3 Å². The smallest absolute Gasteiger partial charge is 0.254 e. The van der Waals surface area contributed by atoms with Crippen LogP contribution in [-0.4, -0.2) is 33.9 Å². The molecule has 0 unspecified atom stereocenters. The maximum absolute atomic E-state index is 13.3. The Morgan fingerprint density at radius 2 is 1.72 bits per heavy atom. The fourth-order valence-corrected chi connectivity index (χ4v) is 5.13. The van der Waals surface area contributed by atoms with E-state index < -0.39 is 0 Å². The monoisotopic (exact) mass is 381 g/mol. The molecule has 3 aromatic carbocycles. The molecule has 0 saturated carbocycles. The summed E-state index contributed by atoms with van der Waals surface area (Å²) in [5, 5.41) is 2.44. The van der Waals surface area contributed by atoms with Gasteiger partial charge in [-0.3, -0.25) is 4.79 Å². The van der Waals surface area contributed by atoms with E-state index in [-0.39, 0.29) is 5.91 Å². The van der Waals surface area contributed by atoms with Crippen molar-refractivity contribution in [2.45, 2.75) is 31.6 Å². The van der Waals surface area contributed by atoms with Crippen LogP contribution in [0.1, 0.15) is 46.1 Å². The first-order valence-corrected chi connectivity index (χ1v) is 10.6. The zero-order valence-corrected chi connectivity index (χ0v) is 16.3. The number of hydrogen-bond donors (Lipinski definition) is 1. The normalized spacial score (nSPS) is 16.8. The lowest BCUT2D eigenvalue weighted by molar-refractivity contribution is 0.0713. The molecule has 1 N–H and O–H groups in total. The fourth-order valence-electron chi connectivity index (χ4n) is 5.13. The van der Waals surface area contributed by atoms with Crippen molar-refractivity contribution in [2.75, 3.05) is 13.1 Å². The molecule has 6 rings (SSSR count). The van der Waals surface area contributed by atoms with Gasteiger partial charge in [0.25, 0.3) is 5.91 Å². The predicted octanol–water partition coefficient (Wildman–Crippen LogP) is 4.83. The minimum Gasteiger partial charge on any atom is -0.342 e. The SMILES string of the molecule is O=C(c1ccc2c3c(cccc13)CC2)N1CCC(c2nc3ccccc3[nH]2)CC1. The van der Waals surface area contributed by atoms with Gasteiger partial charge in [0.05, 0.1) is 11.0 Å². The first-order chi connectivity index (χ1) is 14.3. The number of hydrogen-bond acceptors (Lipinski definition) is 2. The van der Waals surface area contributed by atoms with Gasteiger partial charge in [0.1, 0.15) is 5.82 Å². The minimum absolute atomic E-state index is 0.170. The van der Waals surface area contributed by atoms with Gasteiger partial charge >= 0.3 is 0 Å². The Morgan fingerprint density at radius 1 is 0.931 bits per heavy atom. The molecule has 2 heterocycles. The van der Waals surface area contributed by atoms with E-state index in [1.807, 2.05) is 29.2 Å². The van der Waals surface area contributed by atoms with Crippen molar-refractivity contribution in [3.05, 3.63) is 77.1 Å². The van der Waals surface area contributed by atoms with E-state index in [0.29, 0.717) is 5.92 Å². The largest absolute Gasteiger partial charge is 0.342 e. The van der Waals surface area contributed by atoms with Crippen LogP contribution in [0.3, 0.4) is 0 Å². The number of rotatable bonds is 2. The molecule has 4 nitrogen and oxygen atoms in total. The lowest BCUT2D eigenvalue weighted by atomic mass is 9.94. The molecule has 144 valence electrons. The number of piperidine rings is 1. The fraction of sp³-hybridized carbons (Fsp3) is 0.280. The standard InChI is InChI=1S/C25H23N3O/c29-25(20-11-10-17-9-8-16-4-3-5-19(20)23(16)17)28-14-12-18(13-15-28)24-26-21-6-1-2-7-22(21)27-24/h1-7,10-11,18H,8-9,12-15H2,(H,26,27). The summed E-state index contributed by atoms with van der Waals surface area (Å²) in [6.07, 6.45) is 4.08. The summed E-state index contributed by atoms with van der Waals surface area (Å²) < 4.78 is 0. The molecule has 4 aromatic rings. The Kier molecular flexibility index (Phi) is 3.73. The lowest BCUT2D eigenvalue weighted by Gasteiger charge is -2.31. The van der Waals surface area contributed by atoms with Gasteiger partial charge in [0.15, 0.2) is 0 Å². The average molecular weight is 381 g/mol. The summed E-state index contributed by atoms with van der Waals surface area (Å²) in [5.41, 5.74) is 5.74. The van der Waals surface area contributed by atoms with Crippen LogP contribution < -0.4 is 0 Å². The average Bonchev–Trinajstić information content (AvgIpc) is 3.39. The number of aryl methyl sites for hydroxylation is 2. The van der Waals surface area contributed by atoms with Crippen LogP contribution in [0.25, 0.3) is 21.8 Å². The number of benzene rings is 3. The van der Waals surface area contributed by atoms with Crippen molar-refractivity contribution in [3.63, 3.8) is 0 Å². The number of likely N-dealkylation sites (tertiary alicyclic amines) is 1. The molecule has 29 heavy (non-hydrogen) atoms. The molecule has 4 heteroatoms. The number of imidazole rings is 1. The van der Waals surface area contributed by atoms with Crippen molar-refractivity contribution in [3.8, 4) is 0 Å². The van der Waals surface area contributed by atoms with Crippen molar-refractivity contribution in [1.29, 1.82) is 0 Å². The predicted molar refractivity (Wildman–Crippen MR) is 115 cm³/mol. The van der Waals surface area contributed by atoms with Gasteiger partial charge in [0.2, 0.25) is 0 Å². The highest BCUT2D eigenvalue weighted by Gasteiger charge is 2.28. The van der Waals surface area contributed by atoms with E-state index >= 15 is 0 Å². The molecule has 0 radical (unpaired) electrons. The molecule has 1 aromatic heterocycles. The van der Waals surface area contributed by atoms with E-state index in [9.17, 15) is 4.79 Å². The van der Waals surface area contributed by atoms with E-state index in [0.717, 1.165) is 66.6 Å². The van der Waals surface area contributed by atoms with Gasteiger partial charge in [-0.25, -0.2) is 4.98 Å². The van der Waals surface area contributed by atoms with Gasteiger partial charge in [-0.2, -0.15) is 0 Å². The van der Waals surface area contributed by atoms with E-state index in [1.165, 1.54) is 16.5 Å². The molecule has 1 aliphatic heterocycles. The van der Waals surface area contributed by atoms with Crippen LogP contribution in [0.2, 0.25) is 0 Å². The quantitative estimate of drug-likeness (QED) is 0.540. The van der Waals surface area contributed by atoms with Crippen LogP contribution in [0, 0.1) is 0 Å². The third-order valence-electron chi connectivity index (χ3n) is 6.68. The Hall–Kier alpha value is -3.14. The van der Waals surface area contributed by atoms with Gasteiger partial charge in [0, 0.05) is 24.6 Å². The van der Waals surface area contributed by atoms with Crippen molar-refractivity contribution in [1.82, 2.24) is 14.9 Å². The Balaban J connectivity index is 1.24. The summed E-state index contributed by atoms with van der Waals surface area (Å²) in [4.78, 5) is 23.6. The first kappa shape index (κ1) is 16.8. The summed E-state index contributed by atoms with van der Waals surface area (Å²) >= 11 is 0. The lowest BCUT2D eigenvalue weighted by Crippen LogP contribution is -2.38. The number of carbonyl (C=O) groups excluding carboxylic acids is 1. The summed E-state index contributed by atoms with van der Waals surface area (Å²) in [6.45, 7) is 1.56. The van der Waals surface area contributed by atoms with Crippen molar-refractivity contribution < 1.29 is 4.79 Å². The number of aromatic amines is 1. The van der Waals surface area contributed by atoms with Crippen molar-refractivity contribution in [2.24, 2.45) is 0 Å². The number of carbonyl (C=O) groups is 1. The number of para-hydroxylation sites is 2. The highest BCUT2D eigenvalue weighted by molar-refractivity contribution is 6.09. The molecule has 0 spiro atoms. The summed E-state index contributed by atoms with van der Waals surface area (Å²) in [5.74, 6) is 1.62. The number of nitrogens with zero attached hydrogens (tertiary/aromatic N) is 2. The van der Waals surface area contributed by atoms with Gasteiger partial charge in [-0.05, 0) is 65.8 Å². The van der Waals surface area contributed by atoms with Gasteiger partial charge < -0.3 is 9.88 Å². The number of aromatic nitrogens is 2. The van der Waals surface area contributed by atoms with E-state index in [4.69, 9.17) is 4.98 Å². The van der Waals surface area contributed by atoms with Crippen LogP contribution in [0.4, 0.5) is 0 Å². The maximum atomic E-state index is 13.3. The maximum Gasteiger partial charge on any atom is 0.254 e. The third kappa shape index (κ3) is 2.66. The van der Waals surface area contributed by atoms with Crippen LogP contribution in [0.5, 0.6) is 0 Å². The molecule has 1 aliphatic carbocycles. The highest BCUT2D eigenvalue weighted by atomic mass is 16.2. The zero-order chi connectivity index (χ0) is 19.4. The number of nitrogens with one attached hydrogen (secondary N) is 1. The topological polar surface area (TPSA) is 49.0 Å².